The summed E-state index contributed by atoms with van der Waals surface area (Å²) in [5.41, 5.74) is -1.53. The summed E-state index contributed by atoms with van der Waals surface area (Å²) in [6.07, 6.45) is 1.58. The Morgan fingerprint density at radius 3 is 2.68 bits per heavy atom. The number of amidine groups is 1. The van der Waals surface area contributed by atoms with Crippen molar-refractivity contribution in [3.63, 3.8) is 0 Å². The maximum absolute atomic E-state index is 15.5. The Labute approximate surface area is 247 Å². The number of carbonyl (C=O) groups is 1. The number of aliphatic imine (C=N–C) groups is 1. The van der Waals surface area contributed by atoms with E-state index in [0.29, 0.717) is 18.1 Å². The van der Waals surface area contributed by atoms with Gasteiger partial charge in [0.1, 0.15) is 30.6 Å². The van der Waals surface area contributed by atoms with Crippen molar-refractivity contribution >= 4 is 54.6 Å². The molecule has 2 aromatic rings. The lowest BCUT2D eigenvalue weighted by atomic mass is 9.84. The number of carboxylic acid groups (broad SMARTS) is 1. The number of nitrogens with zero attached hydrogens (tertiary/aromatic N) is 3. The molecule has 4 rings (SSSR count). The lowest BCUT2D eigenvalue weighted by Gasteiger charge is -2.37. The summed E-state index contributed by atoms with van der Waals surface area (Å²) < 4.78 is 56.1. The van der Waals surface area contributed by atoms with E-state index in [1.54, 1.807) is 0 Å². The normalized spacial score (nSPS) is 24.0. The van der Waals surface area contributed by atoms with Crippen LogP contribution in [0.15, 0.2) is 41.5 Å². The van der Waals surface area contributed by atoms with E-state index in [0.717, 1.165) is 17.0 Å². The molecule has 1 aliphatic heterocycles. The Balaban J connectivity index is 1.73. The SMILES string of the molecule is COC[C@]12C[C@H]1[C@@](CF)(c1cc(/C=C(\F)c3ccc(Cl)cn3)ccc1F)N=C(N(COCC[Si](C)(C)C)C(=O)O)S2. The fourth-order valence-electron chi connectivity index (χ4n) is 4.88. The number of ether oxygens (including phenoxy) is 2. The van der Waals surface area contributed by atoms with Gasteiger partial charge in [-0.05, 0) is 48.4 Å². The Bertz CT molecular complexity index is 1340. The fourth-order valence-corrected chi connectivity index (χ4v) is 7.32. The topological polar surface area (TPSA) is 84.3 Å². The minimum atomic E-state index is -1.74. The van der Waals surface area contributed by atoms with E-state index in [2.05, 4.69) is 29.6 Å². The zero-order valence-corrected chi connectivity index (χ0v) is 25.9. The molecule has 0 saturated heterocycles. The molecule has 13 heteroatoms. The predicted molar refractivity (Wildman–Crippen MR) is 159 cm³/mol. The Hall–Kier alpha value is -2.38. The first-order chi connectivity index (χ1) is 19.3. The molecule has 1 saturated carbocycles. The van der Waals surface area contributed by atoms with Crippen LogP contribution in [0.4, 0.5) is 18.0 Å². The van der Waals surface area contributed by atoms with Crippen LogP contribution < -0.4 is 0 Å². The van der Waals surface area contributed by atoms with Crippen molar-refractivity contribution in [3.8, 4) is 0 Å². The number of amides is 1. The van der Waals surface area contributed by atoms with Crippen LogP contribution in [0.5, 0.6) is 0 Å². The molecule has 1 N–H and O–H groups in total. The number of alkyl halides is 1. The third-order valence-corrected chi connectivity index (χ3v) is 10.6. The first-order valence-corrected chi connectivity index (χ1v) is 18.0. The lowest BCUT2D eigenvalue weighted by molar-refractivity contribution is 0.0697. The predicted octanol–water partition coefficient (Wildman–Crippen LogP) is 7.31. The van der Waals surface area contributed by atoms with Crippen molar-refractivity contribution in [1.29, 1.82) is 0 Å². The van der Waals surface area contributed by atoms with E-state index >= 15 is 8.78 Å². The molecule has 222 valence electrons. The maximum atomic E-state index is 15.5. The molecule has 0 spiro atoms. The second-order valence-corrected chi connectivity index (χ2v) is 18.9. The Morgan fingerprint density at radius 1 is 1.32 bits per heavy atom. The highest BCUT2D eigenvalue weighted by Crippen LogP contribution is 2.67. The number of pyridine rings is 1. The molecule has 3 atom stereocenters. The van der Waals surface area contributed by atoms with Crippen LogP contribution >= 0.6 is 23.4 Å². The van der Waals surface area contributed by atoms with Gasteiger partial charge < -0.3 is 14.6 Å². The molecule has 41 heavy (non-hydrogen) atoms. The summed E-state index contributed by atoms with van der Waals surface area (Å²) >= 11 is 7.02. The van der Waals surface area contributed by atoms with Crippen molar-refractivity contribution in [2.75, 3.05) is 33.7 Å². The molecule has 1 aromatic carbocycles. The standard InChI is InChI=1S/C28H33ClF3N3O4SSi/c1-38-16-27-13-24(27)28(15-30,34-25(40-27)35(26(36)37)17-39-9-10-41(2,3)4)20-11-18(5-7-21(20)31)12-22(32)23-8-6-19(29)14-33-23/h5-8,11-12,14,24H,9-10,13,15-17H2,1-4H3,(H,36,37)/b22-12-/t24-,27-,28-/m1/s1. The molecule has 1 aromatic heterocycles. The Kier molecular flexibility index (Phi) is 9.59. The lowest BCUT2D eigenvalue weighted by Crippen LogP contribution is -2.46. The van der Waals surface area contributed by atoms with E-state index in [1.807, 2.05) is 0 Å². The number of rotatable bonds is 11. The van der Waals surface area contributed by atoms with Gasteiger partial charge in [0.25, 0.3) is 0 Å². The smallest absolute Gasteiger partial charge is 0.415 e. The zero-order valence-electron chi connectivity index (χ0n) is 23.3. The quantitative estimate of drug-likeness (QED) is 0.160. The van der Waals surface area contributed by atoms with Crippen molar-refractivity contribution in [2.45, 2.75) is 42.4 Å². The minimum absolute atomic E-state index is 0.00541. The summed E-state index contributed by atoms with van der Waals surface area (Å²) in [5.74, 6) is -1.90. The largest absolute Gasteiger partial charge is 0.465 e. The molecule has 0 bridgehead atoms. The van der Waals surface area contributed by atoms with E-state index in [-0.39, 0.29) is 35.3 Å². The van der Waals surface area contributed by atoms with Gasteiger partial charge in [-0.15, -0.1) is 0 Å². The van der Waals surface area contributed by atoms with Crippen LogP contribution in [-0.4, -0.2) is 72.8 Å². The number of hydrogen-bond donors (Lipinski definition) is 1. The van der Waals surface area contributed by atoms with Crippen molar-refractivity contribution in [3.05, 3.63) is 64.2 Å². The molecule has 0 radical (unpaired) electrons. The van der Waals surface area contributed by atoms with Crippen molar-refractivity contribution < 1.29 is 32.5 Å². The first kappa shape index (κ1) is 31.6. The molecule has 0 unspecified atom stereocenters. The number of aromatic nitrogens is 1. The summed E-state index contributed by atoms with van der Waals surface area (Å²) in [7, 11) is 0.0821. The second kappa shape index (κ2) is 12.5. The molecule has 7 nitrogen and oxygen atoms in total. The second-order valence-electron chi connectivity index (χ2n) is 11.5. The molecular weight excluding hydrogens is 595 g/mol. The monoisotopic (exact) mass is 627 g/mol. The third-order valence-electron chi connectivity index (χ3n) is 7.18. The number of halogens is 4. The highest BCUT2D eigenvalue weighted by molar-refractivity contribution is 8.15. The van der Waals surface area contributed by atoms with Crippen LogP contribution in [0.1, 0.15) is 23.2 Å². The minimum Gasteiger partial charge on any atom is -0.465 e. The molecule has 1 aliphatic carbocycles. The highest BCUT2D eigenvalue weighted by Gasteiger charge is 2.69. The first-order valence-electron chi connectivity index (χ1n) is 13.1. The van der Waals surface area contributed by atoms with Gasteiger partial charge >= 0.3 is 6.09 Å². The van der Waals surface area contributed by atoms with E-state index in [1.165, 1.54) is 55.4 Å². The van der Waals surface area contributed by atoms with Crippen molar-refractivity contribution in [2.24, 2.45) is 10.9 Å². The van der Waals surface area contributed by atoms with Gasteiger partial charge in [0.2, 0.25) is 0 Å². The van der Waals surface area contributed by atoms with E-state index in [9.17, 15) is 14.3 Å². The average Bonchev–Trinajstić information content (AvgIpc) is 3.63. The molecule has 2 aliphatic rings. The van der Waals surface area contributed by atoms with Gasteiger partial charge in [-0.3, -0.25) is 4.98 Å². The van der Waals surface area contributed by atoms with E-state index in [4.69, 9.17) is 21.1 Å². The number of thioether (sulfide) groups is 1. The van der Waals surface area contributed by atoms with Gasteiger partial charge in [-0.2, -0.15) is 0 Å². The summed E-state index contributed by atoms with van der Waals surface area (Å²) in [6.45, 7) is 5.70. The average molecular weight is 628 g/mol. The van der Waals surface area contributed by atoms with Gasteiger partial charge in [-0.25, -0.2) is 27.9 Å². The highest BCUT2D eigenvalue weighted by atomic mass is 35.5. The van der Waals surface area contributed by atoms with Crippen LogP contribution in [0, 0.1) is 11.7 Å². The van der Waals surface area contributed by atoms with Crippen LogP contribution in [0.25, 0.3) is 11.9 Å². The summed E-state index contributed by atoms with van der Waals surface area (Å²) in [4.78, 5) is 21.8. The number of fused-ring (bicyclic) bond motifs is 1. The number of hydrogen-bond acceptors (Lipinski definition) is 6. The maximum Gasteiger partial charge on any atom is 0.415 e. The van der Waals surface area contributed by atoms with Crippen molar-refractivity contribution in [1.82, 2.24) is 9.88 Å². The molecule has 2 heterocycles. The van der Waals surface area contributed by atoms with Crippen LogP contribution in [-0.2, 0) is 15.0 Å². The Morgan fingerprint density at radius 2 is 2.07 bits per heavy atom. The van der Waals surface area contributed by atoms with Gasteiger partial charge in [0.15, 0.2) is 5.17 Å². The molecule has 1 fully saturated rings. The summed E-state index contributed by atoms with van der Waals surface area (Å²) in [6, 6.07) is 7.59. The van der Waals surface area contributed by atoms with Crippen LogP contribution in [0.3, 0.4) is 0 Å². The number of methoxy groups -OCH3 is 1. The molecular formula is C28H33ClF3N3O4SSi. The van der Waals surface area contributed by atoms with Gasteiger partial charge in [0.05, 0.1) is 22.1 Å². The number of benzene rings is 1. The van der Waals surface area contributed by atoms with Gasteiger partial charge in [-0.1, -0.05) is 49.1 Å². The zero-order chi connectivity index (χ0) is 30.0. The molecule has 1 amide bonds. The van der Waals surface area contributed by atoms with E-state index < -0.39 is 48.7 Å². The third kappa shape index (κ3) is 6.99. The van der Waals surface area contributed by atoms with Gasteiger partial charge in [0, 0.05) is 39.5 Å². The van der Waals surface area contributed by atoms with Crippen LogP contribution in [0.2, 0.25) is 30.7 Å². The fraction of sp³-hybridized carbons (Fsp3) is 0.464. The summed E-state index contributed by atoms with van der Waals surface area (Å²) in [5, 5.41) is 10.4.